The Morgan fingerprint density at radius 1 is 1.17 bits per heavy atom. The van der Waals surface area contributed by atoms with Crippen molar-refractivity contribution in [3.8, 4) is 0 Å². The van der Waals surface area contributed by atoms with Crippen molar-refractivity contribution in [1.29, 1.82) is 0 Å². The lowest BCUT2D eigenvalue weighted by Gasteiger charge is -2.28. The molecule has 23 heavy (non-hydrogen) atoms. The normalized spacial score (nSPS) is 14.8. The lowest BCUT2D eigenvalue weighted by molar-refractivity contribution is 0.251. The van der Waals surface area contributed by atoms with Crippen molar-refractivity contribution in [2.24, 2.45) is 4.99 Å². The molecule has 4 nitrogen and oxygen atoms in total. The number of hydrogen-bond acceptors (Lipinski definition) is 2. The molecule has 0 fully saturated rings. The van der Waals surface area contributed by atoms with Gasteiger partial charge in [-0.3, -0.25) is 9.89 Å². The largest absolute Gasteiger partial charge is 0.357 e. The van der Waals surface area contributed by atoms with E-state index >= 15 is 0 Å². The van der Waals surface area contributed by atoms with E-state index in [9.17, 15) is 0 Å². The van der Waals surface area contributed by atoms with Crippen molar-refractivity contribution in [3.63, 3.8) is 0 Å². The summed E-state index contributed by atoms with van der Waals surface area (Å²) in [5, 5.41) is 6.72. The third-order valence-corrected chi connectivity index (χ3v) is 3.99. The molecule has 1 aliphatic heterocycles. The number of fused-ring (bicyclic) bond motifs is 1. The molecule has 0 radical (unpaired) electrons. The Labute approximate surface area is 158 Å². The van der Waals surface area contributed by atoms with E-state index in [1.54, 1.807) is 0 Å². The van der Waals surface area contributed by atoms with Crippen LogP contribution in [0.25, 0.3) is 0 Å². The average Bonchev–Trinajstić information content (AvgIpc) is 2.56. The molecule has 1 heterocycles. The first kappa shape index (κ1) is 20.2. The van der Waals surface area contributed by atoms with Gasteiger partial charge in [-0.15, -0.1) is 24.0 Å². The molecule has 2 rings (SSSR count). The monoisotopic (exact) mass is 430 g/mol. The van der Waals surface area contributed by atoms with Gasteiger partial charge in [0.1, 0.15) is 0 Å². The first-order valence-corrected chi connectivity index (χ1v) is 8.64. The first-order valence-electron chi connectivity index (χ1n) is 8.64. The molecule has 2 N–H and O–H groups in total. The highest BCUT2D eigenvalue weighted by Gasteiger charge is 2.14. The van der Waals surface area contributed by atoms with E-state index in [2.05, 4.69) is 58.6 Å². The van der Waals surface area contributed by atoms with Crippen LogP contribution in [0.15, 0.2) is 29.3 Å². The molecule has 0 unspecified atom stereocenters. The zero-order valence-electron chi connectivity index (χ0n) is 14.5. The molecule has 0 aliphatic carbocycles. The maximum atomic E-state index is 4.53. The highest BCUT2D eigenvalue weighted by molar-refractivity contribution is 14.0. The molecule has 0 saturated heterocycles. The summed E-state index contributed by atoms with van der Waals surface area (Å²) in [5.74, 6) is 0.952. The summed E-state index contributed by atoms with van der Waals surface area (Å²) < 4.78 is 0. The molecule has 1 aromatic rings. The Balaban J connectivity index is 0.00000264. The van der Waals surface area contributed by atoms with Gasteiger partial charge in [0.2, 0.25) is 0 Å². The van der Waals surface area contributed by atoms with Crippen LogP contribution in [0.2, 0.25) is 0 Å². The number of aliphatic imine (C=N–C) groups is 1. The lowest BCUT2D eigenvalue weighted by Crippen LogP contribution is -2.39. The van der Waals surface area contributed by atoms with Gasteiger partial charge in [0.25, 0.3) is 0 Å². The van der Waals surface area contributed by atoms with Crippen LogP contribution in [0.5, 0.6) is 0 Å². The molecular formula is C18H31IN4. The number of guanidine groups is 1. The van der Waals surface area contributed by atoms with Crippen LogP contribution in [-0.2, 0) is 13.0 Å². The van der Waals surface area contributed by atoms with Crippen LogP contribution >= 0.6 is 24.0 Å². The zero-order valence-corrected chi connectivity index (χ0v) is 16.8. The Bertz CT molecular complexity index is 476. The van der Waals surface area contributed by atoms with Gasteiger partial charge in [-0.05, 0) is 37.3 Å². The fourth-order valence-corrected chi connectivity index (χ4v) is 2.82. The summed E-state index contributed by atoms with van der Waals surface area (Å²) in [7, 11) is 0. The van der Waals surface area contributed by atoms with Gasteiger partial charge >= 0.3 is 0 Å². The van der Waals surface area contributed by atoms with E-state index in [1.807, 2.05) is 0 Å². The number of nitrogens with one attached hydrogen (secondary N) is 2. The maximum Gasteiger partial charge on any atom is 0.191 e. The molecule has 0 spiro atoms. The topological polar surface area (TPSA) is 39.7 Å². The highest BCUT2D eigenvalue weighted by Crippen LogP contribution is 2.18. The number of hydrogen-bond donors (Lipinski definition) is 2. The Kier molecular flexibility index (Phi) is 10.3. The lowest BCUT2D eigenvalue weighted by atomic mass is 10.00. The third kappa shape index (κ3) is 7.08. The molecule has 0 atom stereocenters. The van der Waals surface area contributed by atoms with Crippen molar-refractivity contribution in [2.75, 3.05) is 32.7 Å². The fourth-order valence-electron chi connectivity index (χ4n) is 2.82. The summed E-state index contributed by atoms with van der Waals surface area (Å²) in [4.78, 5) is 7.08. The summed E-state index contributed by atoms with van der Waals surface area (Å²) in [5.41, 5.74) is 3.03. The first-order chi connectivity index (χ1) is 10.8. The predicted molar refractivity (Wildman–Crippen MR) is 110 cm³/mol. The Morgan fingerprint density at radius 3 is 2.70 bits per heavy atom. The standard InChI is InChI=1S/C18H30N4.HI/c1-3-11-20-18(19-4-2)21-12-7-13-22-14-10-16-8-5-6-9-17(16)15-22;/h5-6,8-9H,3-4,7,10-15H2,1-2H3,(H2,19,20,21);1H. The van der Waals surface area contributed by atoms with E-state index in [1.165, 1.54) is 24.1 Å². The Hall–Kier alpha value is -0.820. The number of benzene rings is 1. The van der Waals surface area contributed by atoms with Crippen molar-refractivity contribution in [2.45, 2.75) is 39.7 Å². The van der Waals surface area contributed by atoms with Gasteiger partial charge in [0, 0.05) is 39.3 Å². The number of nitrogens with zero attached hydrogens (tertiary/aromatic N) is 2. The molecule has 5 heteroatoms. The van der Waals surface area contributed by atoms with Crippen LogP contribution in [0.3, 0.4) is 0 Å². The van der Waals surface area contributed by atoms with Crippen LogP contribution in [0, 0.1) is 0 Å². The maximum absolute atomic E-state index is 4.53. The van der Waals surface area contributed by atoms with Gasteiger partial charge in [0.15, 0.2) is 5.96 Å². The van der Waals surface area contributed by atoms with Crippen molar-refractivity contribution in [1.82, 2.24) is 15.5 Å². The van der Waals surface area contributed by atoms with Crippen molar-refractivity contribution >= 4 is 29.9 Å². The molecule has 0 aromatic heterocycles. The molecule has 0 saturated carbocycles. The van der Waals surface area contributed by atoms with E-state index in [0.717, 1.165) is 51.5 Å². The second kappa shape index (κ2) is 11.7. The minimum atomic E-state index is 0. The zero-order chi connectivity index (χ0) is 15.6. The second-order valence-corrected chi connectivity index (χ2v) is 5.84. The predicted octanol–water partition coefficient (Wildman–Crippen LogP) is 3.02. The van der Waals surface area contributed by atoms with Crippen LogP contribution < -0.4 is 10.6 Å². The molecule has 1 aliphatic rings. The molecule has 1 aromatic carbocycles. The summed E-state index contributed by atoms with van der Waals surface area (Å²) in [6, 6.07) is 8.83. The van der Waals surface area contributed by atoms with Gasteiger partial charge in [-0.25, -0.2) is 0 Å². The second-order valence-electron chi connectivity index (χ2n) is 5.84. The molecule has 130 valence electrons. The van der Waals surface area contributed by atoms with Crippen molar-refractivity contribution in [3.05, 3.63) is 35.4 Å². The average molecular weight is 430 g/mol. The van der Waals surface area contributed by atoms with Gasteiger partial charge in [0.05, 0.1) is 0 Å². The smallest absolute Gasteiger partial charge is 0.191 e. The van der Waals surface area contributed by atoms with E-state index in [4.69, 9.17) is 0 Å². The van der Waals surface area contributed by atoms with E-state index < -0.39 is 0 Å². The van der Waals surface area contributed by atoms with Gasteiger partial charge in [-0.2, -0.15) is 0 Å². The SMILES string of the molecule is CCCN=C(NCC)NCCCN1CCc2ccccc2C1.I. The summed E-state index contributed by atoms with van der Waals surface area (Å²) in [6.45, 7) is 10.5. The Morgan fingerprint density at radius 2 is 1.96 bits per heavy atom. The van der Waals surface area contributed by atoms with Gasteiger partial charge in [-0.1, -0.05) is 31.2 Å². The number of rotatable bonds is 7. The van der Waals surface area contributed by atoms with E-state index in [-0.39, 0.29) is 24.0 Å². The minimum Gasteiger partial charge on any atom is -0.357 e. The van der Waals surface area contributed by atoms with Crippen LogP contribution in [0.4, 0.5) is 0 Å². The molecule has 0 bridgehead atoms. The van der Waals surface area contributed by atoms with Crippen molar-refractivity contribution < 1.29 is 0 Å². The van der Waals surface area contributed by atoms with Crippen LogP contribution in [-0.4, -0.2) is 43.6 Å². The minimum absolute atomic E-state index is 0. The summed E-state index contributed by atoms with van der Waals surface area (Å²) in [6.07, 6.45) is 3.42. The van der Waals surface area contributed by atoms with E-state index in [0.29, 0.717) is 0 Å². The third-order valence-electron chi connectivity index (χ3n) is 3.99. The van der Waals surface area contributed by atoms with Crippen LogP contribution in [0.1, 0.15) is 37.8 Å². The highest BCUT2D eigenvalue weighted by atomic mass is 127. The van der Waals surface area contributed by atoms with Gasteiger partial charge < -0.3 is 10.6 Å². The quantitative estimate of drug-likeness (QED) is 0.303. The molecule has 0 amide bonds. The summed E-state index contributed by atoms with van der Waals surface area (Å²) >= 11 is 0. The fraction of sp³-hybridized carbons (Fsp3) is 0.611. The number of halogens is 1. The molecular weight excluding hydrogens is 399 g/mol.